The number of carbonyl (C=O) groups is 2. The van der Waals surface area contributed by atoms with Crippen LogP contribution in [0.1, 0.15) is 49.8 Å². The number of rotatable bonds is 7. The van der Waals surface area contributed by atoms with Crippen LogP contribution in [-0.2, 0) is 22.6 Å². The first-order chi connectivity index (χ1) is 16.0. The number of nitrogens with zero attached hydrogens (tertiary/aromatic N) is 2. The van der Waals surface area contributed by atoms with Crippen LogP contribution in [0.3, 0.4) is 0 Å². The first-order valence-electron chi connectivity index (χ1n) is 11.6. The second-order valence-electron chi connectivity index (χ2n) is 8.76. The minimum atomic E-state index is -0.335. The van der Waals surface area contributed by atoms with Crippen LogP contribution in [0.15, 0.2) is 53.3 Å². The number of aryl methyl sites for hydroxylation is 2. The van der Waals surface area contributed by atoms with E-state index in [9.17, 15) is 14.4 Å². The van der Waals surface area contributed by atoms with Crippen LogP contribution >= 0.6 is 0 Å². The molecule has 0 bridgehead atoms. The van der Waals surface area contributed by atoms with Crippen molar-refractivity contribution in [3.05, 3.63) is 70.1 Å². The summed E-state index contributed by atoms with van der Waals surface area (Å²) in [5, 5.41) is 5.93. The molecule has 2 amide bonds. The van der Waals surface area contributed by atoms with Crippen molar-refractivity contribution in [2.24, 2.45) is 0 Å². The van der Waals surface area contributed by atoms with E-state index in [1.165, 1.54) is 11.0 Å². The van der Waals surface area contributed by atoms with Gasteiger partial charge in [-0.2, -0.15) is 0 Å². The molecule has 3 aromatic rings. The lowest BCUT2D eigenvalue weighted by molar-refractivity contribution is -0.122. The van der Waals surface area contributed by atoms with Gasteiger partial charge in [0, 0.05) is 24.6 Å². The quantitative estimate of drug-likeness (QED) is 0.578. The number of carbonyl (C=O) groups excluding carboxylic acids is 2. The molecule has 1 aromatic heterocycles. The minimum Gasteiger partial charge on any atom is -0.353 e. The molecular weight excluding hydrogens is 416 g/mol. The van der Waals surface area contributed by atoms with Crippen molar-refractivity contribution in [2.75, 3.05) is 5.32 Å². The minimum absolute atomic E-state index is 0.0556. The Morgan fingerprint density at radius 3 is 2.48 bits per heavy atom. The number of fused-ring (bicyclic) bond motifs is 1. The van der Waals surface area contributed by atoms with Gasteiger partial charge in [0.1, 0.15) is 12.2 Å². The number of hydrogen-bond donors (Lipinski definition) is 2. The molecule has 0 radical (unpaired) electrons. The molecule has 0 atom stereocenters. The molecule has 0 aliphatic heterocycles. The monoisotopic (exact) mass is 446 g/mol. The van der Waals surface area contributed by atoms with Gasteiger partial charge in [-0.25, -0.2) is 4.98 Å². The largest absolute Gasteiger partial charge is 0.353 e. The highest BCUT2D eigenvalue weighted by Gasteiger charge is 2.18. The summed E-state index contributed by atoms with van der Waals surface area (Å²) < 4.78 is 1.44. The summed E-state index contributed by atoms with van der Waals surface area (Å²) in [7, 11) is 0. The molecule has 4 rings (SSSR count). The smallest absolute Gasteiger partial charge is 0.273 e. The van der Waals surface area contributed by atoms with Gasteiger partial charge in [0.2, 0.25) is 11.8 Å². The van der Waals surface area contributed by atoms with E-state index in [0.29, 0.717) is 22.4 Å². The molecule has 172 valence electrons. The molecule has 1 aliphatic carbocycles. The van der Waals surface area contributed by atoms with Gasteiger partial charge in [-0.05, 0) is 44.0 Å². The van der Waals surface area contributed by atoms with Gasteiger partial charge in [0.25, 0.3) is 5.56 Å². The molecule has 1 heterocycles. The lowest BCUT2D eigenvalue weighted by Gasteiger charge is -2.22. The Hall–Kier alpha value is -3.48. The Morgan fingerprint density at radius 1 is 1.00 bits per heavy atom. The normalized spacial score (nSPS) is 14.2. The second-order valence-corrected chi connectivity index (χ2v) is 8.76. The van der Waals surface area contributed by atoms with Crippen molar-refractivity contribution in [3.63, 3.8) is 0 Å². The van der Waals surface area contributed by atoms with E-state index in [1.807, 2.05) is 49.4 Å². The van der Waals surface area contributed by atoms with Crippen molar-refractivity contribution < 1.29 is 9.59 Å². The Kier molecular flexibility index (Phi) is 7.17. The van der Waals surface area contributed by atoms with Crippen LogP contribution in [0.5, 0.6) is 0 Å². The van der Waals surface area contributed by atoms with E-state index in [0.717, 1.165) is 31.2 Å². The highest BCUT2D eigenvalue weighted by molar-refractivity contribution is 5.91. The topological polar surface area (TPSA) is 93.1 Å². The van der Waals surface area contributed by atoms with Gasteiger partial charge < -0.3 is 10.6 Å². The number of anilines is 1. The SMILES string of the molecule is Cc1ccc(NC(=O)Cn2c(=O)c(CCC(=O)NC3CCCCC3)nc3ccccc32)cc1. The zero-order chi connectivity index (χ0) is 23.2. The summed E-state index contributed by atoms with van der Waals surface area (Å²) in [6, 6.07) is 15.0. The Morgan fingerprint density at radius 2 is 1.73 bits per heavy atom. The zero-order valence-electron chi connectivity index (χ0n) is 19.0. The number of benzene rings is 2. The van der Waals surface area contributed by atoms with E-state index in [-0.39, 0.29) is 42.8 Å². The maximum Gasteiger partial charge on any atom is 0.273 e. The number of amides is 2. The number of aromatic nitrogens is 2. The molecule has 2 N–H and O–H groups in total. The molecule has 7 nitrogen and oxygen atoms in total. The van der Waals surface area contributed by atoms with Crippen LogP contribution in [-0.4, -0.2) is 27.4 Å². The summed E-state index contributed by atoms with van der Waals surface area (Å²) in [5.74, 6) is -0.349. The highest BCUT2D eigenvalue weighted by Crippen LogP contribution is 2.17. The third kappa shape index (κ3) is 5.86. The van der Waals surface area contributed by atoms with Crippen molar-refractivity contribution in [3.8, 4) is 0 Å². The van der Waals surface area contributed by atoms with E-state index >= 15 is 0 Å². The maximum absolute atomic E-state index is 13.2. The standard InChI is InChI=1S/C26H30N4O3/c1-18-11-13-20(14-12-18)28-25(32)17-30-23-10-6-5-9-21(23)29-22(26(30)33)15-16-24(31)27-19-7-3-2-4-8-19/h5-6,9-14,19H,2-4,7-8,15-17H2,1H3,(H,27,31)(H,28,32). The zero-order valence-corrected chi connectivity index (χ0v) is 19.0. The molecule has 1 fully saturated rings. The van der Waals surface area contributed by atoms with Crippen molar-refractivity contribution in [2.45, 2.75) is 64.5 Å². The second kappa shape index (κ2) is 10.4. The third-order valence-electron chi connectivity index (χ3n) is 6.12. The molecule has 7 heteroatoms. The van der Waals surface area contributed by atoms with Gasteiger partial charge in [-0.1, -0.05) is 49.1 Å². The van der Waals surface area contributed by atoms with Crippen molar-refractivity contribution in [1.29, 1.82) is 0 Å². The molecule has 1 aliphatic rings. The average Bonchev–Trinajstić information content (AvgIpc) is 2.82. The number of para-hydroxylation sites is 2. The van der Waals surface area contributed by atoms with Crippen LogP contribution in [0, 0.1) is 6.92 Å². The molecule has 33 heavy (non-hydrogen) atoms. The summed E-state index contributed by atoms with van der Waals surface area (Å²) in [6.45, 7) is 1.85. The van der Waals surface area contributed by atoms with Gasteiger partial charge in [-0.3, -0.25) is 19.0 Å². The van der Waals surface area contributed by atoms with Gasteiger partial charge in [-0.15, -0.1) is 0 Å². The van der Waals surface area contributed by atoms with Crippen LogP contribution in [0.25, 0.3) is 11.0 Å². The number of hydrogen-bond acceptors (Lipinski definition) is 4. The predicted molar refractivity (Wildman–Crippen MR) is 129 cm³/mol. The lowest BCUT2D eigenvalue weighted by Crippen LogP contribution is -2.37. The van der Waals surface area contributed by atoms with Crippen LogP contribution < -0.4 is 16.2 Å². The fourth-order valence-electron chi connectivity index (χ4n) is 4.32. The van der Waals surface area contributed by atoms with Crippen molar-refractivity contribution >= 4 is 28.5 Å². The Balaban J connectivity index is 1.50. The van der Waals surface area contributed by atoms with E-state index in [1.54, 1.807) is 6.07 Å². The van der Waals surface area contributed by atoms with Gasteiger partial charge in [0.15, 0.2) is 0 Å². The summed E-state index contributed by atoms with van der Waals surface area (Å²) >= 11 is 0. The van der Waals surface area contributed by atoms with Crippen molar-refractivity contribution in [1.82, 2.24) is 14.9 Å². The molecule has 0 spiro atoms. The first-order valence-corrected chi connectivity index (χ1v) is 11.6. The third-order valence-corrected chi connectivity index (χ3v) is 6.12. The molecule has 0 unspecified atom stereocenters. The highest BCUT2D eigenvalue weighted by atomic mass is 16.2. The van der Waals surface area contributed by atoms with Gasteiger partial charge in [0.05, 0.1) is 11.0 Å². The van der Waals surface area contributed by atoms with Gasteiger partial charge >= 0.3 is 0 Å². The summed E-state index contributed by atoms with van der Waals surface area (Å²) in [5.41, 5.74) is 2.96. The average molecular weight is 447 g/mol. The first kappa shape index (κ1) is 22.7. The molecule has 0 saturated heterocycles. The fourth-order valence-corrected chi connectivity index (χ4v) is 4.32. The van der Waals surface area contributed by atoms with E-state index in [4.69, 9.17) is 0 Å². The maximum atomic E-state index is 13.2. The fraction of sp³-hybridized carbons (Fsp3) is 0.385. The summed E-state index contributed by atoms with van der Waals surface area (Å²) in [4.78, 5) is 42.9. The van der Waals surface area contributed by atoms with E-state index < -0.39 is 0 Å². The molecular formula is C26H30N4O3. The Labute approximate surface area is 193 Å². The van der Waals surface area contributed by atoms with Crippen LogP contribution in [0.4, 0.5) is 5.69 Å². The predicted octanol–water partition coefficient (Wildman–Crippen LogP) is 3.73. The van der Waals surface area contributed by atoms with Crippen LogP contribution in [0.2, 0.25) is 0 Å². The lowest BCUT2D eigenvalue weighted by atomic mass is 9.95. The van der Waals surface area contributed by atoms with E-state index in [2.05, 4.69) is 15.6 Å². The Bertz CT molecular complexity index is 1190. The summed E-state index contributed by atoms with van der Waals surface area (Å²) in [6.07, 6.45) is 5.99. The molecule has 1 saturated carbocycles. The number of nitrogens with one attached hydrogen (secondary N) is 2. The molecule has 2 aromatic carbocycles.